The first kappa shape index (κ1) is 10.5. The van der Waals surface area contributed by atoms with Crippen LogP contribution in [-0.4, -0.2) is 21.5 Å². The molecule has 5 nitrogen and oxygen atoms in total. The highest BCUT2D eigenvalue weighted by atomic mass is 16.5. The number of ether oxygens (including phenoxy) is 1. The molecular formula is C11H13N3O2. The summed E-state index contributed by atoms with van der Waals surface area (Å²) in [6.45, 7) is 1.94. The van der Waals surface area contributed by atoms with Crippen molar-refractivity contribution in [1.82, 2.24) is 14.3 Å². The third-order valence-electron chi connectivity index (χ3n) is 2.43. The van der Waals surface area contributed by atoms with Gasteiger partial charge in [0.15, 0.2) is 0 Å². The first-order valence-electron chi connectivity index (χ1n) is 4.91. The second-order valence-electron chi connectivity index (χ2n) is 3.51. The van der Waals surface area contributed by atoms with E-state index in [1.54, 1.807) is 7.05 Å². The molecule has 0 aliphatic heterocycles. The van der Waals surface area contributed by atoms with Crippen LogP contribution in [0.15, 0.2) is 29.1 Å². The molecule has 0 unspecified atom stereocenters. The van der Waals surface area contributed by atoms with Crippen LogP contribution in [0.3, 0.4) is 0 Å². The van der Waals surface area contributed by atoms with Crippen molar-refractivity contribution in [1.29, 1.82) is 0 Å². The second kappa shape index (κ2) is 3.84. The van der Waals surface area contributed by atoms with E-state index in [0.29, 0.717) is 6.01 Å². The molecule has 16 heavy (non-hydrogen) atoms. The van der Waals surface area contributed by atoms with E-state index in [9.17, 15) is 4.79 Å². The summed E-state index contributed by atoms with van der Waals surface area (Å²) in [5.74, 6) is 0. The molecule has 0 saturated heterocycles. The first-order valence-corrected chi connectivity index (χ1v) is 4.91. The largest absolute Gasteiger partial charge is 0.467 e. The van der Waals surface area contributed by atoms with Crippen LogP contribution in [0, 0.1) is 6.92 Å². The Labute approximate surface area is 92.9 Å². The molecule has 0 radical (unpaired) electrons. The van der Waals surface area contributed by atoms with E-state index in [0.717, 1.165) is 11.3 Å². The van der Waals surface area contributed by atoms with Crippen LogP contribution in [0.1, 0.15) is 5.56 Å². The first-order chi connectivity index (χ1) is 7.65. The normalized spacial score (nSPS) is 10.4. The number of rotatable bonds is 2. The van der Waals surface area contributed by atoms with Crippen LogP contribution in [0.5, 0.6) is 6.01 Å². The number of methoxy groups -OCH3 is 1. The third kappa shape index (κ3) is 1.50. The van der Waals surface area contributed by atoms with Crippen molar-refractivity contribution in [3.05, 3.63) is 40.3 Å². The fraction of sp³-hybridized carbons (Fsp3) is 0.273. The SMILES string of the molecule is COc1nn(C)c(=O)n1-c1ccccc1C. The average molecular weight is 219 g/mol. The molecule has 1 heterocycles. The Balaban J connectivity index is 2.73. The van der Waals surface area contributed by atoms with Gasteiger partial charge in [0.1, 0.15) is 0 Å². The average Bonchev–Trinajstić information content (AvgIpc) is 2.56. The predicted octanol–water partition coefficient (Wildman–Crippen LogP) is 0.888. The summed E-state index contributed by atoms with van der Waals surface area (Å²) in [5, 5.41) is 3.99. The molecule has 0 atom stereocenters. The van der Waals surface area contributed by atoms with Crippen molar-refractivity contribution in [2.45, 2.75) is 6.92 Å². The molecule has 0 spiro atoms. The van der Waals surface area contributed by atoms with Gasteiger partial charge in [0, 0.05) is 7.05 Å². The lowest BCUT2D eigenvalue weighted by molar-refractivity contribution is 0.368. The summed E-state index contributed by atoms with van der Waals surface area (Å²) in [5.41, 5.74) is 1.57. The molecular weight excluding hydrogens is 206 g/mol. The monoisotopic (exact) mass is 219 g/mol. The van der Waals surface area contributed by atoms with Gasteiger partial charge in [-0.3, -0.25) is 0 Å². The van der Waals surface area contributed by atoms with Crippen molar-refractivity contribution in [2.24, 2.45) is 7.05 Å². The van der Waals surface area contributed by atoms with Crippen LogP contribution in [0.25, 0.3) is 5.69 Å². The molecule has 0 bridgehead atoms. The highest BCUT2D eigenvalue weighted by molar-refractivity contribution is 5.41. The maximum absolute atomic E-state index is 11.9. The molecule has 0 N–H and O–H groups in total. The summed E-state index contributed by atoms with van der Waals surface area (Å²) in [6, 6.07) is 7.89. The Morgan fingerprint density at radius 3 is 2.62 bits per heavy atom. The smallest absolute Gasteiger partial charge is 0.353 e. The van der Waals surface area contributed by atoms with Gasteiger partial charge in [-0.05, 0) is 18.6 Å². The van der Waals surface area contributed by atoms with E-state index >= 15 is 0 Å². The lowest BCUT2D eigenvalue weighted by Gasteiger charge is -2.06. The maximum Gasteiger partial charge on any atom is 0.353 e. The van der Waals surface area contributed by atoms with Crippen LogP contribution < -0.4 is 10.4 Å². The van der Waals surface area contributed by atoms with Gasteiger partial charge < -0.3 is 4.74 Å². The quantitative estimate of drug-likeness (QED) is 0.753. The Morgan fingerprint density at radius 2 is 2.00 bits per heavy atom. The lowest BCUT2D eigenvalue weighted by atomic mass is 10.2. The zero-order valence-corrected chi connectivity index (χ0v) is 9.47. The zero-order chi connectivity index (χ0) is 11.7. The lowest BCUT2D eigenvalue weighted by Crippen LogP contribution is -2.22. The number of aryl methyl sites for hydroxylation is 2. The molecule has 0 aliphatic rings. The summed E-state index contributed by atoms with van der Waals surface area (Å²) >= 11 is 0. The van der Waals surface area contributed by atoms with Gasteiger partial charge in [0.2, 0.25) is 0 Å². The topological polar surface area (TPSA) is 49.1 Å². The minimum atomic E-state index is -0.217. The number of aromatic nitrogens is 3. The van der Waals surface area contributed by atoms with Crippen LogP contribution in [0.2, 0.25) is 0 Å². The minimum Gasteiger partial charge on any atom is -0.467 e. The Hall–Kier alpha value is -2.04. The predicted molar refractivity (Wildman–Crippen MR) is 60.1 cm³/mol. The molecule has 1 aromatic heterocycles. The summed E-state index contributed by atoms with van der Waals surface area (Å²) in [7, 11) is 3.09. The van der Waals surface area contributed by atoms with E-state index in [-0.39, 0.29) is 5.69 Å². The number of hydrogen-bond acceptors (Lipinski definition) is 3. The van der Waals surface area contributed by atoms with Gasteiger partial charge in [0.25, 0.3) is 0 Å². The van der Waals surface area contributed by atoms with E-state index in [4.69, 9.17) is 4.74 Å². The third-order valence-corrected chi connectivity index (χ3v) is 2.43. The number of hydrogen-bond donors (Lipinski definition) is 0. The molecule has 5 heteroatoms. The van der Waals surface area contributed by atoms with Crippen molar-refractivity contribution in [2.75, 3.05) is 7.11 Å². The number of para-hydroxylation sites is 1. The molecule has 0 aliphatic carbocycles. The van der Waals surface area contributed by atoms with Crippen molar-refractivity contribution in [3.63, 3.8) is 0 Å². The molecule has 2 rings (SSSR count). The van der Waals surface area contributed by atoms with Crippen molar-refractivity contribution >= 4 is 0 Å². The number of nitrogens with zero attached hydrogens (tertiary/aromatic N) is 3. The molecule has 1 aromatic carbocycles. The fourth-order valence-corrected chi connectivity index (χ4v) is 1.59. The molecule has 2 aromatic rings. The van der Waals surface area contributed by atoms with E-state index in [1.807, 2.05) is 31.2 Å². The van der Waals surface area contributed by atoms with E-state index in [2.05, 4.69) is 5.10 Å². The highest BCUT2D eigenvalue weighted by Gasteiger charge is 2.14. The van der Waals surface area contributed by atoms with Crippen LogP contribution in [0.4, 0.5) is 0 Å². The zero-order valence-electron chi connectivity index (χ0n) is 9.47. The van der Waals surface area contributed by atoms with Crippen LogP contribution >= 0.6 is 0 Å². The highest BCUT2D eigenvalue weighted by Crippen LogP contribution is 2.16. The maximum atomic E-state index is 11.9. The van der Waals surface area contributed by atoms with Crippen LogP contribution in [-0.2, 0) is 7.05 Å². The Kier molecular flexibility index (Phi) is 2.52. The minimum absolute atomic E-state index is 0.217. The summed E-state index contributed by atoms with van der Waals surface area (Å²) in [4.78, 5) is 11.9. The molecule has 84 valence electrons. The van der Waals surface area contributed by atoms with Gasteiger partial charge in [-0.15, -0.1) is 5.10 Å². The van der Waals surface area contributed by atoms with E-state index in [1.165, 1.54) is 16.4 Å². The summed E-state index contributed by atoms with van der Waals surface area (Å²) in [6.07, 6.45) is 0. The summed E-state index contributed by atoms with van der Waals surface area (Å²) < 4.78 is 7.80. The Bertz CT molecular complexity index is 569. The molecule has 0 fully saturated rings. The molecule has 0 amide bonds. The van der Waals surface area contributed by atoms with Gasteiger partial charge in [0.05, 0.1) is 12.8 Å². The fourth-order valence-electron chi connectivity index (χ4n) is 1.59. The molecule has 0 saturated carbocycles. The van der Waals surface area contributed by atoms with Gasteiger partial charge in [-0.25, -0.2) is 14.0 Å². The van der Waals surface area contributed by atoms with Crippen molar-refractivity contribution in [3.8, 4) is 11.7 Å². The second-order valence-corrected chi connectivity index (χ2v) is 3.51. The number of benzene rings is 1. The van der Waals surface area contributed by atoms with E-state index < -0.39 is 0 Å². The van der Waals surface area contributed by atoms with Gasteiger partial charge in [-0.1, -0.05) is 18.2 Å². The van der Waals surface area contributed by atoms with Gasteiger partial charge >= 0.3 is 11.7 Å². The van der Waals surface area contributed by atoms with Gasteiger partial charge in [-0.2, -0.15) is 0 Å². The Morgan fingerprint density at radius 1 is 1.31 bits per heavy atom. The van der Waals surface area contributed by atoms with Crippen molar-refractivity contribution < 1.29 is 4.74 Å². The standard InChI is InChI=1S/C11H13N3O2/c1-8-6-4-5-7-9(8)14-10(16-3)12-13(2)11(14)15/h4-7H,1-3H3.